The normalized spacial score (nSPS) is 17.9. The predicted molar refractivity (Wildman–Crippen MR) is 56.1 cm³/mol. The van der Waals surface area contributed by atoms with Gasteiger partial charge < -0.3 is 0 Å². The molecule has 0 aromatic rings. The first-order valence-corrected chi connectivity index (χ1v) is 5.49. The Kier molecular flexibility index (Phi) is 5.60. The predicted octanol–water partition coefficient (Wildman–Crippen LogP) is 2.00. The van der Waals surface area contributed by atoms with Gasteiger partial charge in [-0.1, -0.05) is 12.8 Å². The molecule has 0 heterocycles. The summed E-state index contributed by atoms with van der Waals surface area (Å²) in [5.41, 5.74) is 0. The molecule has 4 nitrogen and oxygen atoms in total. The van der Waals surface area contributed by atoms with Crippen molar-refractivity contribution in [2.45, 2.75) is 44.6 Å². The highest BCUT2D eigenvalue weighted by Gasteiger charge is 2.24. The van der Waals surface area contributed by atoms with Crippen molar-refractivity contribution in [1.29, 1.82) is 0 Å². The van der Waals surface area contributed by atoms with Gasteiger partial charge in [-0.05, 0) is 31.6 Å². The van der Waals surface area contributed by atoms with Gasteiger partial charge in [0, 0.05) is 0 Å². The van der Waals surface area contributed by atoms with Crippen LogP contribution in [-0.4, -0.2) is 24.7 Å². The summed E-state index contributed by atoms with van der Waals surface area (Å²) < 4.78 is 0. The third-order valence-electron chi connectivity index (χ3n) is 3.00. The van der Waals surface area contributed by atoms with Crippen LogP contribution in [-0.2, 0) is 9.59 Å². The first-order valence-electron chi connectivity index (χ1n) is 5.49. The van der Waals surface area contributed by atoms with E-state index in [9.17, 15) is 9.59 Å². The standard InChI is InChI=1S/C11H16N2O2/c14-8-12-7-3-6-11(13-9-15)10-4-1-2-5-10/h10-11H,1-7H2. The van der Waals surface area contributed by atoms with Gasteiger partial charge in [-0.15, -0.1) is 0 Å². The lowest BCUT2D eigenvalue weighted by atomic mass is 9.95. The fourth-order valence-corrected chi connectivity index (χ4v) is 2.24. The Morgan fingerprint density at radius 2 is 1.93 bits per heavy atom. The van der Waals surface area contributed by atoms with Crippen molar-refractivity contribution >= 4 is 12.2 Å². The first-order chi connectivity index (χ1) is 7.38. The van der Waals surface area contributed by atoms with Crippen molar-refractivity contribution in [2.75, 3.05) is 6.54 Å². The molecule has 1 saturated carbocycles. The van der Waals surface area contributed by atoms with Gasteiger partial charge in [0.15, 0.2) is 0 Å². The fraction of sp³-hybridized carbons (Fsp3) is 0.818. The van der Waals surface area contributed by atoms with Crippen molar-refractivity contribution in [1.82, 2.24) is 0 Å². The van der Waals surface area contributed by atoms with Crippen LogP contribution in [0.3, 0.4) is 0 Å². The molecule has 1 unspecified atom stereocenters. The second kappa shape index (κ2) is 7.10. The topological polar surface area (TPSA) is 58.9 Å². The van der Waals surface area contributed by atoms with Gasteiger partial charge in [0.25, 0.3) is 0 Å². The Morgan fingerprint density at radius 1 is 1.20 bits per heavy atom. The second-order valence-corrected chi connectivity index (χ2v) is 3.95. The summed E-state index contributed by atoms with van der Waals surface area (Å²) in [4.78, 5) is 27.5. The van der Waals surface area contributed by atoms with Crippen LogP contribution in [0.1, 0.15) is 38.5 Å². The Labute approximate surface area is 89.5 Å². The van der Waals surface area contributed by atoms with Crippen molar-refractivity contribution < 1.29 is 9.59 Å². The minimum absolute atomic E-state index is 0.0897. The van der Waals surface area contributed by atoms with Crippen LogP contribution in [0.2, 0.25) is 0 Å². The lowest BCUT2D eigenvalue weighted by Gasteiger charge is -2.16. The molecule has 1 aliphatic rings. The highest BCUT2D eigenvalue weighted by atomic mass is 16.1. The highest BCUT2D eigenvalue weighted by Crippen LogP contribution is 2.31. The third kappa shape index (κ3) is 4.20. The summed E-state index contributed by atoms with van der Waals surface area (Å²) in [5, 5.41) is 0. The molecule has 0 aliphatic heterocycles. The van der Waals surface area contributed by atoms with Gasteiger partial charge in [0.2, 0.25) is 12.2 Å². The van der Waals surface area contributed by atoms with Crippen LogP contribution in [0.15, 0.2) is 9.98 Å². The Balaban J connectivity index is 2.35. The van der Waals surface area contributed by atoms with Gasteiger partial charge >= 0.3 is 0 Å². The smallest absolute Gasteiger partial charge is 0.211 e. The molecule has 15 heavy (non-hydrogen) atoms. The number of hydrogen-bond donors (Lipinski definition) is 0. The summed E-state index contributed by atoms with van der Waals surface area (Å²) in [6, 6.07) is 0.0897. The molecule has 0 aromatic heterocycles. The van der Waals surface area contributed by atoms with Crippen LogP contribution in [0, 0.1) is 5.92 Å². The van der Waals surface area contributed by atoms with E-state index in [1.54, 1.807) is 6.08 Å². The van der Waals surface area contributed by atoms with E-state index >= 15 is 0 Å². The number of isocyanates is 2. The molecule has 1 atom stereocenters. The Bertz CT molecular complexity index is 272. The summed E-state index contributed by atoms with van der Waals surface area (Å²) in [6.07, 6.45) is 9.58. The van der Waals surface area contributed by atoms with E-state index in [2.05, 4.69) is 9.98 Å². The van der Waals surface area contributed by atoms with Gasteiger partial charge in [-0.25, -0.2) is 19.6 Å². The molecule has 1 fully saturated rings. The fourth-order valence-electron chi connectivity index (χ4n) is 2.24. The van der Waals surface area contributed by atoms with Crippen LogP contribution in [0.4, 0.5) is 0 Å². The maximum Gasteiger partial charge on any atom is 0.235 e. The van der Waals surface area contributed by atoms with Crippen LogP contribution in [0.25, 0.3) is 0 Å². The number of nitrogens with zero attached hydrogens (tertiary/aromatic N) is 2. The zero-order valence-corrected chi connectivity index (χ0v) is 8.82. The Morgan fingerprint density at radius 3 is 2.53 bits per heavy atom. The molecular formula is C11H16N2O2. The Hall–Kier alpha value is -1.24. The van der Waals surface area contributed by atoms with E-state index in [-0.39, 0.29) is 6.04 Å². The molecule has 1 rings (SSSR count). The maximum absolute atomic E-state index is 10.3. The molecule has 0 saturated heterocycles. The minimum atomic E-state index is 0.0897. The average molecular weight is 208 g/mol. The molecule has 0 amide bonds. The average Bonchev–Trinajstić information content (AvgIpc) is 2.76. The molecule has 1 aliphatic carbocycles. The minimum Gasteiger partial charge on any atom is -0.211 e. The number of hydrogen-bond acceptors (Lipinski definition) is 4. The number of aliphatic imine (C=N–C) groups is 2. The molecule has 4 heteroatoms. The quantitative estimate of drug-likeness (QED) is 0.381. The molecule has 0 bridgehead atoms. The maximum atomic E-state index is 10.3. The van der Waals surface area contributed by atoms with E-state index < -0.39 is 0 Å². The van der Waals surface area contributed by atoms with E-state index in [1.807, 2.05) is 0 Å². The zero-order valence-electron chi connectivity index (χ0n) is 8.82. The van der Waals surface area contributed by atoms with Crippen LogP contribution < -0.4 is 0 Å². The first kappa shape index (κ1) is 11.8. The van der Waals surface area contributed by atoms with Crippen molar-refractivity contribution in [2.24, 2.45) is 15.9 Å². The van der Waals surface area contributed by atoms with Gasteiger partial charge in [-0.3, -0.25) is 0 Å². The molecule has 0 spiro atoms. The van der Waals surface area contributed by atoms with Crippen molar-refractivity contribution in [3.8, 4) is 0 Å². The summed E-state index contributed by atoms with van der Waals surface area (Å²) >= 11 is 0. The summed E-state index contributed by atoms with van der Waals surface area (Å²) in [6.45, 7) is 0.487. The monoisotopic (exact) mass is 208 g/mol. The molecule has 82 valence electrons. The van der Waals surface area contributed by atoms with Gasteiger partial charge in [-0.2, -0.15) is 0 Å². The SMILES string of the molecule is O=C=NCCCC(N=C=O)C1CCCC1. The van der Waals surface area contributed by atoms with Gasteiger partial charge in [0.05, 0.1) is 12.6 Å². The van der Waals surface area contributed by atoms with Gasteiger partial charge in [0.1, 0.15) is 0 Å². The van der Waals surface area contributed by atoms with E-state index in [0.29, 0.717) is 12.5 Å². The largest absolute Gasteiger partial charge is 0.235 e. The van der Waals surface area contributed by atoms with E-state index in [1.165, 1.54) is 18.9 Å². The molecule has 0 radical (unpaired) electrons. The molecular weight excluding hydrogens is 192 g/mol. The van der Waals surface area contributed by atoms with Crippen LogP contribution >= 0.6 is 0 Å². The molecule has 0 aromatic carbocycles. The summed E-state index contributed by atoms with van der Waals surface area (Å²) in [7, 11) is 0. The summed E-state index contributed by atoms with van der Waals surface area (Å²) in [5.74, 6) is 0.534. The van der Waals surface area contributed by atoms with E-state index in [0.717, 1.165) is 25.7 Å². The lowest BCUT2D eigenvalue weighted by Crippen LogP contribution is -2.16. The highest BCUT2D eigenvalue weighted by molar-refractivity contribution is 5.33. The van der Waals surface area contributed by atoms with Crippen LogP contribution in [0.5, 0.6) is 0 Å². The number of carbonyl (C=O) groups excluding carboxylic acids is 2. The lowest BCUT2D eigenvalue weighted by molar-refractivity contribution is 0.403. The molecule has 0 N–H and O–H groups in total. The van der Waals surface area contributed by atoms with Crippen molar-refractivity contribution in [3.05, 3.63) is 0 Å². The second-order valence-electron chi connectivity index (χ2n) is 3.95. The third-order valence-corrected chi connectivity index (χ3v) is 3.00. The van der Waals surface area contributed by atoms with E-state index in [4.69, 9.17) is 0 Å². The van der Waals surface area contributed by atoms with Crippen molar-refractivity contribution in [3.63, 3.8) is 0 Å². The number of rotatable bonds is 6. The zero-order chi connectivity index (χ0) is 10.9.